The van der Waals surface area contributed by atoms with E-state index in [1.54, 1.807) is 6.92 Å². The van der Waals surface area contributed by atoms with Crippen LogP contribution in [0.2, 0.25) is 0 Å². The van der Waals surface area contributed by atoms with Crippen LogP contribution in [0.15, 0.2) is 0 Å². The van der Waals surface area contributed by atoms with Crippen molar-refractivity contribution in [2.75, 3.05) is 27.3 Å². The number of rotatable bonds is 6. The fourth-order valence-electron chi connectivity index (χ4n) is 0.990. The summed E-state index contributed by atoms with van der Waals surface area (Å²) in [7, 11) is 2.74. The number of hydrogen-bond acceptors (Lipinski definition) is 5. The molecule has 0 unspecified atom stereocenters. The third kappa shape index (κ3) is 6.00. The maximum Gasteiger partial charge on any atom is 0.325 e. The summed E-state index contributed by atoms with van der Waals surface area (Å²) < 4.78 is 9.08. The van der Waals surface area contributed by atoms with Gasteiger partial charge in [0.1, 0.15) is 6.54 Å². The molecule has 0 saturated carbocycles. The van der Waals surface area contributed by atoms with Gasteiger partial charge in [0.2, 0.25) is 5.91 Å². The van der Waals surface area contributed by atoms with Crippen LogP contribution in [0.25, 0.3) is 0 Å². The number of ether oxygens (including phenoxy) is 2. The fourth-order valence-corrected chi connectivity index (χ4v) is 0.990. The molecule has 0 fully saturated rings. The van der Waals surface area contributed by atoms with E-state index < -0.39 is 11.9 Å². The summed E-state index contributed by atoms with van der Waals surface area (Å²) in [6, 6.07) is 0. The zero-order valence-electron chi connectivity index (χ0n) is 9.82. The molecule has 6 nitrogen and oxygen atoms in total. The van der Waals surface area contributed by atoms with Crippen molar-refractivity contribution in [1.29, 1.82) is 0 Å². The first-order valence-corrected chi connectivity index (χ1v) is 4.97. The molecule has 0 aromatic rings. The Morgan fingerprint density at radius 1 is 1.12 bits per heavy atom. The standard InChI is InChI=1S/C10H17NO5/c1-4-16-10(14)7-11(2)8(12)5-6-9(13)15-3/h4-7H2,1-3H3. The third-order valence-electron chi connectivity index (χ3n) is 1.87. The Morgan fingerprint density at radius 3 is 2.25 bits per heavy atom. The summed E-state index contributed by atoms with van der Waals surface area (Å²) >= 11 is 0. The summed E-state index contributed by atoms with van der Waals surface area (Å²) in [6.45, 7) is 1.87. The number of hydrogen-bond donors (Lipinski definition) is 0. The highest BCUT2D eigenvalue weighted by Crippen LogP contribution is 1.97. The van der Waals surface area contributed by atoms with E-state index in [1.807, 2.05) is 0 Å². The Bertz CT molecular complexity index is 264. The number of likely N-dealkylation sites (N-methyl/N-ethyl adjacent to an activating group) is 1. The molecular weight excluding hydrogens is 214 g/mol. The number of esters is 2. The van der Waals surface area contributed by atoms with Crippen LogP contribution < -0.4 is 0 Å². The van der Waals surface area contributed by atoms with Gasteiger partial charge in [0.05, 0.1) is 20.1 Å². The van der Waals surface area contributed by atoms with Crippen LogP contribution in [-0.4, -0.2) is 50.1 Å². The van der Waals surface area contributed by atoms with Crippen LogP contribution in [-0.2, 0) is 23.9 Å². The van der Waals surface area contributed by atoms with Gasteiger partial charge in [0.25, 0.3) is 0 Å². The highest BCUT2D eigenvalue weighted by Gasteiger charge is 2.14. The highest BCUT2D eigenvalue weighted by atomic mass is 16.5. The summed E-state index contributed by atoms with van der Waals surface area (Å²) in [5, 5.41) is 0. The molecule has 0 radical (unpaired) electrons. The lowest BCUT2D eigenvalue weighted by molar-refractivity contribution is -0.148. The van der Waals surface area contributed by atoms with E-state index in [0.717, 1.165) is 0 Å². The van der Waals surface area contributed by atoms with Gasteiger partial charge in [-0.3, -0.25) is 14.4 Å². The van der Waals surface area contributed by atoms with E-state index >= 15 is 0 Å². The largest absolute Gasteiger partial charge is 0.469 e. The smallest absolute Gasteiger partial charge is 0.325 e. The minimum absolute atomic E-state index is 0.0164. The van der Waals surface area contributed by atoms with Crippen molar-refractivity contribution in [1.82, 2.24) is 4.90 Å². The van der Waals surface area contributed by atoms with E-state index in [2.05, 4.69) is 9.47 Å². The van der Waals surface area contributed by atoms with Crippen molar-refractivity contribution in [3.8, 4) is 0 Å². The van der Waals surface area contributed by atoms with Crippen molar-refractivity contribution in [3.63, 3.8) is 0 Å². The Labute approximate surface area is 94.5 Å². The number of amides is 1. The lowest BCUT2D eigenvalue weighted by atomic mass is 10.3. The summed E-state index contributed by atoms with van der Waals surface area (Å²) in [6.07, 6.45) is 0.0467. The van der Waals surface area contributed by atoms with Crippen molar-refractivity contribution < 1.29 is 23.9 Å². The average Bonchev–Trinajstić information content (AvgIpc) is 2.25. The number of methoxy groups -OCH3 is 1. The molecule has 6 heteroatoms. The minimum atomic E-state index is -0.462. The van der Waals surface area contributed by atoms with Crippen LogP contribution >= 0.6 is 0 Å². The average molecular weight is 231 g/mol. The summed E-state index contributed by atoms with van der Waals surface area (Å²) in [5.41, 5.74) is 0. The number of nitrogens with zero attached hydrogens (tertiary/aromatic N) is 1. The molecule has 0 atom stereocenters. The second kappa shape index (κ2) is 7.67. The summed E-state index contributed by atoms with van der Waals surface area (Å²) in [4.78, 5) is 34.5. The van der Waals surface area contributed by atoms with Crippen LogP contribution in [0.1, 0.15) is 19.8 Å². The molecule has 0 aliphatic rings. The van der Waals surface area contributed by atoms with E-state index in [9.17, 15) is 14.4 Å². The highest BCUT2D eigenvalue weighted by molar-refractivity contribution is 5.84. The predicted octanol–water partition coefficient (Wildman–Crippen LogP) is -0.0389. The van der Waals surface area contributed by atoms with Gasteiger partial charge < -0.3 is 14.4 Å². The third-order valence-corrected chi connectivity index (χ3v) is 1.87. The molecule has 0 spiro atoms. The maximum atomic E-state index is 11.4. The van der Waals surface area contributed by atoms with E-state index in [4.69, 9.17) is 0 Å². The lowest BCUT2D eigenvalue weighted by Gasteiger charge is -2.15. The van der Waals surface area contributed by atoms with Gasteiger partial charge in [-0.05, 0) is 6.92 Å². The van der Waals surface area contributed by atoms with E-state index in [1.165, 1.54) is 19.1 Å². The molecule has 0 aliphatic carbocycles. The number of carbonyl (C=O) groups excluding carboxylic acids is 3. The van der Waals surface area contributed by atoms with Gasteiger partial charge in [-0.15, -0.1) is 0 Å². The van der Waals surface area contributed by atoms with Crippen molar-refractivity contribution in [2.24, 2.45) is 0 Å². The van der Waals surface area contributed by atoms with Crippen LogP contribution in [0.4, 0.5) is 0 Å². The van der Waals surface area contributed by atoms with Gasteiger partial charge >= 0.3 is 11.9 Å². The monoisotopic (exact) mass is 231 g/mol. The van der Waals surface area contributed by atoms with Gasteiger partial charge in [0.15, 0.2) is 0 Å². The van der Waals surface area contributed by atoms with Gasteiger partial charge in [-0.2, -0.15) is 0 Å². The molecule has 92 valence electrons. The Balaban J connectivity index is 3.90. The van der Waals surface area contributed by atoms with E-state index in [-0.39, 0.29) is 31.9 Å². The van der Waals surface area contributed by atoms with Crippen LogP contribution in [0, 0.1) is 0 Å². The molecule has 0 saturated heterocycles. The molecule has 0 rings (SSSR count). The fraction of sp³-hybridized carbons (Fsp3) is 0.700. The van der Waals surface area contributed by atoms with Gasteiger partial charge in [-0.1, -0.05) is 0 Å². The van der Waals surface area contributed by atoms with E-state index in [0.29, 0.717) is 0 Å². The second-order valence-electron chi connectivity index (χ2n) is 3.13. The zero-order chi connectivity index (χ0) is 12.6. The molecule has 0 aromatic heterocycles. The van der Waals surface area contributed by atoms with Crippen LogP contribution in [0.3, 0.4) is 0 Å². The predicted molar refractivity (Wildman–Crippen MR) is 55.5 cm³/mol. The van der Waals surface area contributed by atoms with Crippen molar-refractivity contribution >= 4 is 17.8 Å². The molecule has 1 amide bonds. The molecule has 0 aliphatic heterocycles. The topological polar surface area (TPSA) is 72.9 Å². The maximum absolute atomic E-state index is 11.4. The molecule has 0 heterocycles. The van der Waals surface area contributed by atoms with Gasteiger partial charge in [0, 0.05) is 13.5 Å². The molecule has 0 bridgehead atoms. The Morgan fingerprint density at radius 2 is 1.75 bits per heavy atom. The molecular formula is C10H17NO5. The quantitative estimate of drug-likeness (QED) is 0.600. The normalized spacial score (nSPS) is 9.44. The second-order valence-corrected chi connectivity index (χ2v) is 3.13. The zero-order valence-corrected chi connectivity index (χ0v) is 9.82. The minimum Gasteiger partial charge on any atom is -0.469 e. The SMILES string of the molecule is CCOC(=O)CN(C)C(=O)CCC(=O)OC. The lowest BCUT2D eigenvalue weighted by Crippen LogP contribution is -2.33. The van der Waals surface area contributed by atoms with Crippen molar-refractivity contribution in [2.45, 2.75) is 19.8 Å². The molecule has 0 aromatic carbocycles. The Hall–Kier alpha value is -1.59. The molecule has 16 heavy (non-hydrogen) atoms. The Kier molecular flexibility index (Phi) is 6.91. The van der Waals surface area contributed by atoms with Crippen LogP contribution in [0.5, 0.6) is 0 Å². The first-order valence-electron chi connectivity index (χ1n) is 4.97. The molecule has 0 N–H and O–H groups in total. The number of carbonyl (C=O) groups is 3. The van der Waals surface area contributed by atoms with Crippen molar-refractivity contribution in [3.05, 3.63) is 0 Å². The summed E-state index contributed by atoms with van der Waals surface area (Å²) in [5.74, 6) is -1.20. The first-order chi connectivity index (χ1) is 7.51. The van der Waals surface area contributed by atoms with Gasteiger partial charge in [-0.25, -0.2) is 0 Å². The first kappa shape index (κ1) is 14.4.